The highest BCUT2D eigenvalue weighted by Gasteiger charge is 2.54. The fraction of sp³-hybridized carbons (Fsp3) is 0.357. The minimum atomic E-state index is -0.778. The standard InChI is InChI=1S/C14H16BrClN2O/c1-10(2)14(15)12(9-16)17(3)18(13(14)19)11-7-5-4-6-8-11/h4-10H,1-3H3/b12-9+. The maximum absolute atomic E-state index is 12.8. The summed E-state index contributed by atoms with van der Waals surface area (Å²) in [6.07, 6.45) is 0. The van der Waals surface area contributed by atoms with Gasteiger partial charge in [-0.25, -0.2) is 5.01 Å². The van der Waals surface area contributed by atoms with Crippen molar-refractivity contribution >= 4 is 39.1 Å². The van der Waals surface area contributed by atoms with E-state index in [1.807, 2.05) is 51.2 Å². The van der Waals surface area contributed by atoms with E-state index in [0.29, 0.717) is 0 Å². The summed E-state index contributed by atoms with van der Waals surface area (Å²) >= 11 is 9.53. The van der Waals surface area contributed by atoms with Gasteiger partial charge in [0.05, 0.1) is 11.4 Å². The van der Waals surface area contributed by atoms with Gasteiger partial charge < -0.3 is 0 Å². The molecule has 1 saturated heterocycles. The van der Waals surface area contributed by atoms with Crippen molar-refractivity contribution in [3.63, 3.8) is 0 Å². The van der Waals surface area contributed by atoms with Crippen LogP contribution in [0.5, 0.6) is 0 Å². The monoisotopic (exact) mass is 342 g/mol. The first-order chi connectivity index (χ1) is 8.94. The van der Waals surface area contributed by atoms with Gasteiger partial charge in [0.25, 0.3) is 5.91 Å². The Morgan fingerprint density at radius 1 is 1.32 bits per heavy atom. The highest BCUT2D eigenvalue weighted by Crippen LogP contribution is 2.46. The smallest absolute Gasteiger partial charge is 0.269 e. The quantitative estimate of drug-likeness (QED) is 0.764. The molecule has 0 N–H and O–H groups in total. The molecule has 5 heteroatoms. The van der Waals surface area contributed by atoms with Crippen LogP contribution in [-0.2, 0) is 4.79 Å². The molecular formula is C14H16BrClN2O. The molecule has 1 heterocycles. The lowest BCUT2D eigenvalue weighted by molar-refractivity contribution is -0.120. The molecule has 0 bridgehead atoms. The molecule has 102 valence electrons. The van der Waals surface area contributed by atoms with Crippen molar-refractivity contribution < 1.29 is 4.79 Å². The fourth-order valence-electron chi connectivity index (χ4n) is 2.30. The average Bonchev–Trinajstić information content (AvgIpc) is 2.59. The molecule has 1 fully saturated rings. The van der Waals surface area contributed by atoms with Crippen molar-refractivity contribution in [2.45, 2.75) is 18.2 Å². The number of benzene rings is 1. The average molecular weight is 344 g/mol. The molecule has 1 aromatic rings. The first kappa shape index (κ1) is 14.4. The first-order valence-corrected chi connectivity index (χ1v) is 7.30. The number of rotatable bonds is 2. The Bertz CT molecular complexity index is 517. The van der Waals surface area contributed by atoms with Gasteiger partial charge in [0.1, 0.15) is 0 Å². The Balaban J connectivity index is 2.53. The summed E-state index contributed by atoms with van der Waals surface area (Å²) in [6, 6.07) is 9.54. The van der Waals surface area contributed by atoms with E-state index in [9.17, 15) is 4.79 Å². The van der Waals surface area contributed by atoms with Crippen LogP contribution in [0.1, 0.15) is 13.8 Å². The summed E-state index contributed by atoms with van der Waals surface area (Å²) in [5, 5.41) is 3.43. The zero-order chi connectivity index (χ0) is 14.2. The third kappa shape index (κ3) is 2.07. The fourth-order valence-corrected chi connectivity index (χ4v) is 3.28. The highest BCUT2D eigenvalue weighted by atomic mass is 79.9. The SMILES string of the molecule is CC(C)C1(Br)C(=O)N(c2ccccc2)N(C)/C1=C/Cl. The highest BCUT2D eigenvalue weighted by molar-refractivity contribution is 9.10. The largest absolute Gasteiger partial charge is 0.283 e. The van der Waals surface area contributed by atoms with Gasteiger partial charge in [0, 0.05) is 12.6 Å². The van der Waals surface area contributed by atoms with Gasteiger partial charge in [-0.05, 0) is 18.1 Å². The summed E-state index contributed by atoms with van der Waals surface area (Å²) in [7, 11) is 1.84. The lowest BCUT2D eigenvalue weighted by Gasteiger charge is -2.26. The van der Waals surface area contributed by atoms with E-state index in [-0.39, 0.29) is 11.8 Å². The summed E-state index contributed by atoms with van der Waals surface area (Å²) in [5.41, 5.74) is 3.04. The second kappa shape index (κ2) is 5.17. The van der Waals surface area contributed by atoms with Crippen molar-refractivity contribution in [2.75, 3.05) is 12.1 Å². The number of alkyl halides is 1. The zero-order valence-electron chi connectivity index (χ0n) is 11.1. The number of nitrogens with zero attached hydrogens (tertiary/aromatic N) is 2. The zero-order valence-corrected chi connectivity index (χ0v) is 13.4. The molecule has 0 radical (unpaired) electrons. The number of carbonyl (C=O) groups excluding carboxylic acids is 1. The van der Waals surface area contributed by atoms with E-state index in [2.05, 4.69) is 15.9 Å². The lowest BCUT2D eigenvalue weighted by Crippen LogP contribution is -2.41. The normalized spacial score (nSPS) is 25.8. The third-order valence-electron chi connectivity index (χ3n) is 3.42. The number of hydrazine groups is 1. The van der Waals surface area contributed by atoms with Gasteiger partial charge in [-0.2, -0.15) is 0 Å². The van der Waals surface area contributed by atoms with E-state index < -0.39 is 4.32 Å². The number of halogens is 2. The molecule has 3 nitrogen and oxygen atoms in total. The van der Waals surface area contributed by atoms with Crippen LogP contribution in [0.3, 0.4) is 0 Å². The van der Waals surface area contributed by atoms with Crippen molar-refractivity contribution in [3.05, 3.63) is 41.6 Å². The Morgan fingerprint density at radius 2 is 1.89 bits per heavy atom. The molecule has 1 aromatic carbocycles. The number of hydrogen-bond donors (Lipinski definition) is 0. The Morgan fingerprint density at radius 3 is 2.32 bits per heavy atom. The summed E-state index contributed by atoms with van der Waals surface area (Å²) < 4.78 is -0.778. The first-order valence-electron chi connectivity index (χ1n) is 6.07. The van der Waals surface area contributed by atoms with Crippen LogP contribution >= 0.6 is 27.5 Å². The molecule has 1 amide bonds. The molecule has 1 aliphatic heterocycles. The molecule has 19 heavy (non-hydrogen) atoms. The Hall–Kier alpha value is -1.00. The maximum atomic E-state index is 12.8. The van der Waals surface area contributed by atoms with Crippen LogP contribution in [0.2, 0.25) is 0 Å². The van der Waals surface area contributed by atoms with Crippen LogP contribution in [0.25, 0.3) is 0 Å². The van der Waals surface area contributed by atoms with Gasteiger partial charge in [0.15, 0.2) is 4.32 Å². The topological polar surface area (TPSA) is 23.6 Å². The third-order valence-corrected chi connectivity index (χ3v) is 5.29. The Kier molecular flexibility index (Phi) is 3.92. The summed E-state index contributed by atoms with van der Waals surface area (Å²) in [6.45, 7) is 3.99. The van der Waals surface area contributed by atoms with Crippen molar-refractivity contribution in [1.82, 2.24) is 5.01 Å². The number of amides is 1. The minimum absolute atomic E-state index is 0.0249. The molecule has 0 aliphatic carbocycles. The summed E-state index contributed by atoms with van der Waals surface area (Å²) in [5.74, 6) is 0.0595. The summed E-state index contributed by atoms with van der Waals surface area (Å²) in [4.78, 5) is 12.8. The van der Waals surface area contributed by atoms with Crippen molar-refractivity contribution in [2.24, 2.45) is 5.92 Å². The van der Waals surface area contributed by atoms with E-state index in [0.717, 1.165) is 11.4 Å². The predicted octanol–water partition coefficient (Wildman–Crippen LogP) is 3.75. The number of carbonyl (C=O) groups is 1. The molecule has 0 spiro atoms. The van der Waals surface area contributed by atoms with Crippen molar-refractivity contribution in [3.8, 4) is 0 Å². The number of para-hydroxylation sites is 1. The van der Waals surface area contributed by atoms with Gasteiger partial charge in [-0.15, -0.1) is 0 Å². The maximum Gasteiger partial charge on any atom is 0.269 e. The van der Waals surface area contributed by atoms with E-state index in [1.54, 1.807) is 10.0 Å². The van der Waals surface area contributed by atoms with Gasteiger partial charge in [-0.1, -0.05) is 59.6 Å². The lowest BCUT2D eigenvalue weighted by atomic mass is 9.93. The van der Waals surface area contributed by atoms with Crippen molar-refractivity contribution in [1.29, 1.82) is 0 Å². The molecule has 1 aliphatic rings. The Labute approximate surface area is 126 Å². The van der Waals surface area contributed by atoms with E-state index in [1.165, 1.54) is 5.54 Å². The van der Waals surface area contributed by atoms with Crippen LogP contribution < -0.4 is 5.01 Å². The van der Waals surface area contributed by atoms with Gasteiger partial charge in [-0.3, -0.25) is 9.80 Å². The van der Waals surface area contributed by atoms with Crippen LogP contribution in [0, 0.1) is 5.92 Å². The van der Waals surface area contributed by atoms with Gasteiger partial charge >= 0.3 is 0 Å². The molecule has 0 aromatic heterocycles. The molecular weight excluding hydrogens is 328 g/mol. The second-order valence-corrected chi connectivity index (χ2v) is 6.31. The number of anilines is 1. The molecule has 1 atom stereocenters. The molecule has 1 unspecified atom stereocenters. The minimum Gasteiger partial charge on any atom is -0.283 e. The predicted molar refractivity (Wildman–Crippen MR) is 82.1 cm³/mol. The number of hydrogen-bond acceptors (Lipinski definition) is 2. The van der Waals surface area contributed by atoms with Crippen LogP contribution in [0.4, 0.5) is 5.69 Å². The second-order valence-electron chi connectivity index (χ2n) is 4.84. The van der Waals surface area contributed by atoms with Crippen LogP contribution in [0.15, 0.2) is 41.6 Å². The van der Waals surface area contributed by atoms with E-state index in [4.69, 9.17) is 11.6 Å². The molecule has 0 saturated carbocycles. The van der Waals surface area contributed by atoms with Gasteiger partial charge in [0.2, 0.25) is 0 Å². The van der Waals surface area contributed by atoms with E-state index >= 15 is 0 Å². The van der Waals surface area contributed by atoms with Crippen LogP contribution in [-0.4, -0.2) is 22.3 Å². The molecule has 2 rings (SSSR count).